The van der Waals surface area contributed by atoms with Crippen molar-refractivity contribution in [1.82, 2.24) is 10.3 Å². The van der Waals surface area contributed by atoms with Crippen LogP contribution in [0, 0.1) is 0 Å². The Morgan fingerprint density at radius 3 is 2.26 bits per heavy atom. The van der Waals surface area contributed by atoms with E-state index in [2.05, 4.69) is 15.6 Å². The van der Waals surface area contributed by atoms with E-state index in [0.717, 1.165) is 12.1 Å². The van der Waals surface area contributed by atoms with E-state index in [0.29, 0.717) is 0 Å². The maximum Gasteiger partial charge on any atom is 0.416 e. The number of hydrogen-bond acceptors (Lipinski definition) is 4. The Hall–Kier alpha value is -3.30. The smallest absolute Gasteiger partial charge is 0.416 e. The third-order valence-corrected chi connectivity index (χ3v) is 4.42. The molecule has 0 fully saturated rings. The lowest BCUT2D eigenvalue weighted by Crippen LogP contribution is -2.34. The third kappa shape index (κ3) is 5.87. The summed E-state index contributed by atoms with van der Waals surface area (Å²) < 4.78 is 43.6. The Morgan fingerprint density at radius 2 is 1.65 bits per heavy atom. The summed E-state index contributed by atoms with van der Waals surface area (Å²) in [6.45, 7) is 0. The molecule has 1 aromatic heterocycles. The molecule has 2 aromatic carbocycles. The van der Waals surface area contributed by atoms with E-state index in [1.54, 1.807) is 6.07 Å². The summed E-state index contributed by atoms with van der Waals surface area (Å²) in [4.78, 5) is 28.1. The minimum Gasteiger partial charge on any atom is -0.439 e. The zero-order valence-electron chi connectivity index (χ0n) is 15.3. The van der Waals surface area contributed by atoms with Crippen molar-refractivity contribution in [2.24, 2.45) is 0 Å². The van der Waals surface area contributed by atoms with Crippen LogP contribution in [0.15, 0.2) is 60.8 Å². The maximum absolute atomic E-state index is 12.8. The monoisotopic (exact) mass is 469 g/mol. The zero-order chi connectivity index (χ0) is 22.6. The fraction of sp³-hybridized carbons (Fsp3) is 0.0500. The molecule has 3 aromatic rings. The number of anilines is 1. The summed E-state index contributed by atoms with van der Waals surface area (Å²) in [6, 6.07) is 10.6. The van der Waals surface area contributed by atoms with Gasteiger partial charge in [0.15, 0.2) is 0 Å². The molecular formula is C20H12Cl2F3N3O3. The van der Waals surface area contributed by atoms with Gasteiger partial charge < -0.3 is 10.1 Å². The number of hydrogen-bond donors (Lipinski definition) is 2. The van der Waals surface area contributed by atoms with Gasteiger partial charge in [-0.2, -0.15) is 13.2 Å². The van der Waals surface area contributed by atoms with Crippen LogP contribution in [0.2, 0.25) is 10.0 Å². The fourth-order valence-corrected chi connectivity index (χ4v) is 2.98. The largest absolute Gasteiger partial charge is 0.439 e. The van der Waals surface area contributed by atoms with Crippen molar-refractivity contribution in [3.63, 3.8) is 0 Å². The summed E-state index contributed by atoms with van der Waals surface area (Å²) in [5, 5.41) is 4.61. The van der Waals surface area contributed by atoms with E-state index in [-0.39, 0.29) is 32.9 Å². The molecule has 0 saturated heterocycles. The molecule has 0 bridgehead atoms. The topological polar surface area (TPSA) is 80.3 Å². The highest BCUT2D eigenvalue weighted by molar-refractivity contribution is 6.40. The molecule has 0 radical (unpaired) electrons. The van der Waals surface area contributed by atoms with Crippen molar-refractivity contribution in [2.45, 2.75) is 6.18 Å². The standard InChI is InChI=1S/C20H12Cl2F3N3O3/c21-14-5-2-6-15(22)17(14)18(29)28-19(30)27-12-7-8-16(26-10-12)31-13-4-1-3-11(9-13)20(23,24)25/h1-10H,(H2,27,28,29,30). The first-order valence-corrected chi connectivity index (χ1v) is 9.26. The predicted octanol–water partition coefficient (Wildman–Crippen LogP) is 6.16. The summed E-state index contributed by atoms with van der Waals surface area (Å²) in [5.41, 5.74) is -0.709. The first-order chi connectivity index (χ1) is 14.6. The third-order valence-electron chi connectivity index (χ3n) is 3.79. The Balaban J connectivity index is 1.62. The van der Waals surface area contributed by atoms with Crippen molar-refractivity contribution in [1.29, 1.82) is 0 Å². The van der Waals surface area contributed by atoms with E-state index in [1.165, 1.54) is 42.6 Å². The Labute approximate surface area is 183 Å². The van der Waals surface area contributed by atoms with Crippen LogP contribution in [-0.4, -0.2) is 16.9 Å². The first kappa shape index (κ1) is 22.4. The van der Waals surface area contributed by atoms with Crippen LogP contribution in [-0.2, 0) is 6.18 Å². The van der Waals surface area contributed by atoms with Gasteiger partial charge >= 0.3 is 12.2 Å². The number of ether oxygens (including phenoxy) is 1. The lowest BCUT2D eigenvalue weighted by molar-refractivity contribution is -0.137. The van der Waals surface area contributed by atoms with Crippen molar-refractivity contribution < 1.29 is 27.5 Å². The molecule has 31 heavy (non-hydrogen) atoms. The minimum atomic E-state index is -4.50. The lowest BCUT2D eigenvalue weighted by Gasteiger charge is -2.10. The number of nitrogens with zero attached hydrogens (tertiary/aromatic N) is 1. The van der Waals surface area contributed by atoms with Gasteiger partial charge in [0.1, 0.15) is 5.75 Å². The zero-order valence-corrected chi connectivity index (χ0v) is 16.8. The van der Waals surface area contributed by atoms with Gasteiger partial charge in [0, 0.05) is 6.07 Å². The normalized spacial score (nSPS) is 11.0. The number of carbonyl (C=O) groups excluding carboxylic acids is 2. The van der Waals surface area contributed by atoms with Crippen LogP contribution < -0.4 is 15.4 Å². The predicted molar refractivity (Wildman–Crippen MR) is 109 cm³/mol. The minimum absolute atomic E-state index is 0.00390. The van der Waals surface area contributed by atoms with Gasteiger partial charge in [-0.25, -0.2) is 9.78 Å². The summed E-state index contributed by atoms with van der Waals surface area (Å²) in [5.74, 6) is -0.849. The fourth-order valence-electron chi connectivity index (χ4n) is 2.41. The van der Waals surface area contributed by atoms with Gasteiger partial charge in [-0.3, -0.25) is 10.1 Å². The highest BCUT2D eigenvalue weighted by Crippen LogP contribution is 2.32. The summed E-state index contributed by atoms with van der Waals surface area (Å²) in [7, 11) is 0. The number of carbonyl (C=O) groups is 2. The molecule has 160 valence electrons. The van der Waals surface area contributed by atoms with E-state index < -0.39 is 23.7 Å². The van der Waals surface area contributed by atoms with Gasteiger partial charge in [0.25, 0.3) is 5.91 Å². The molecule has 0 atom stereocenters. The molecule has 1 heterocycles. The molecule has 3 rings (SSSR count). The molecule has 2 N–H and O–H groups in total. The number of urea groups is 1. The quantitative estimate of drug-likeness (QED) is 0.479. The van der Waals surface area contributed by atoms with Gasteiger partial charge in [-0.1, -0.05) is 35.3 Å². The second-order valence-electron chi connectivity index (χ2n) is 6.02. The molecule has 11 heteroatoms. The number of aromatic nitrogens is 1. The van der Waals surface area contributed by atoms with E-state index in [9.17, 15) is 22.8 Å². The highest BCUT2D eigenvalue weighted by Gasteiger charge is 2.30. The lowest BCUT2D eigenvalue weighted by atomic mass is 10.2. The summed E-state index contributed by atoms with van der Waals surface area (Å²) >= 11 is 11.8. The number of rotatable bonds is 4. The van der Waals surface area contributed by atoms with Crippen LogP contribution in [0.3, 0.4) is 0 Å². The van der Waals surface area contributed by atoms with Crippen LogP contribution in [0.1, 0.15) is 15.9 Å². The second-order valence-corrected chi connectivity index (χ2v) is 6.83. The molecule has 0 unspecified atom stereocenters. The second kappa shape index (κ2) is 9.23. The van der Waals surface area contributed by atoms with E-state index >= 15 is 0 Å². The molecule has 0 saturated carbocycles. The Kier molecular flexibility index (Phi) is 6.67. The van der Waals surface area contributed by atoms with Gasteiger partial charge in [0.05, 0.1) is 33.1 Å². The number of halogens is 5. The van der Waals surface area contributed by atoms with Crippen molar-refractivity contribution in [3.05, 3.63) is 82.0 Å². The number of pyridine rings is 1. The highest BCUT2D eigenvalue weighted by atomic mass is 35.5. The van der Waals surface area contributed by atoms with Crippen molar-refractivity contribution in [2.75, 3.05) is 5.32 Å². The molecule has 3 amide bonds. The average molecular weight is 470 g/mol. The van der Waals surface area contributed by atoms with Crippen LogP contribution in [0.5, 0.6) is 11.6 Å². The molecule has 6 nitrogen and oxygen atoms in total. The molecular weight excluding hydrogens is 458 g/mol. The maximum atomic E-state index is 12.8. The number of imide groups is 1. The van der Waals surface area contributed by atoms with E-state index in [1.807, 2.05) is 0 Å². The number of alkyl halides is 3. The number of benzene rings is 2. The van der Waals surface area contributed by atoms with Gasteiger partial charge in [-0.05, 0) is 36.4 Å². The number of amides is 3. The molecule has 0 aliphatic carbocycles. The van der Waals surface area contributed by atoms with Gasteiger partial charge in [-0.15, -0.1) is 0 Å². The summed E-state index contributed by atoms with van der Waals surface area (Å²) in [6.07, 6.45) is -3.30. The number of nitrogens with one attached hydrogen (secondary N) is 2. The van der Waals surface area contributed by atoms with Crippen molar-refractivity contribution in [3.8, 4) is 11.6 Å². The van der Waals surface area contributed by atoms with Crippen LogP contribution in [0.25, 0.3) is 0 Å². The first-order valence-electron chi connectivity index (χ1n) is 8.51. The average Bonchev–Trinajstić information content (AvgIpc) is 2.69. The SMILES string of the molecule is O=C(NC(=O)c1c(Cl)cccc1Cl)Nc1ccc(Oc2cccc(C(F)(F)F)c2)nc1. The van der Waals surface area contributed by atoms with Crippen LogP contribution >= 0.6 is 23.2 Å². The molecule has 0 aliphatic heterocycles. The Morgan fingerprint density at radius 1 is 0.968 bits per heavy atom. The molecule has 0 aliphatic rings. The van der Waals surface area contributed by atoms with Crippen LogP contribution in [0.4, 0.5) is 23.7 Å². The van der Waals surface area contributed by atoms with Gasteiger partial charge in [0.2, 0.25) is 5.88 Å². The van der Waals surface area contributed by atoms with E-state index in [4.69, 9.17) is 27.9 Å². The Bertz CT molecular complexity index is 1100. The van der Waals surface area contributed by atoms with Crippen molar-refractivity contribution >= 4 is 40.8 Å². The molecule has 0 spiro atoms.